The van der Waals surface area contributed by atoms with Crippen molar-refractivity contribution in [2.75, 3.05) is 12.0 Å². The molecule has 2 amide bonds. The predicted molar refractivity (Wildman–Crippen MR) is 117 cm³/mol. The van der Waals surface area contributed by atoms with Crippen LogP contribution in [-0.4, -0.2) is 34.5 Å². The van der Waals surface area contributed by atoms with Gasteiger partial charge in [0.1, 0.15) is 6.07 Å². The highest BCUT2D eigenvalue weighted by Gasteiger charge is 2.18. The molecule has 2 aromatic rings. The molecule has 11 nitrogen and oxygen atoms in total. The number of carbonyl (C=O) groups excluding carboxylic acids is 2. The number of amides is 2. The lowest BCUT2D eigenvalue weighted by atomic mass is 10.1. The smallest absolute Gasteiger partial charge is 0.414 e. The number of nitriles is 1. The van der Waals surface area contributed by atoms with Gasteiger partial charge < -0.3 is 9.47 Å². The number of hydrogen-bond donors (Lipinski definition) is 3. The Balaban J connectivity index is 2.24. The van der Waals surface area contributed by atoms with Gasteiger partial charge in [0.2, 0.25) is 11.6 Å². The SMILES string of the molecule is CCOC(=O)NC(=O)/C(C#N)=N\Nc1cc(Cl)c(Oc2n[nH]c(=O)cc2C(C)C)c(Cl)c1. The summed E-state index contributed by atoms with van der Waals surface area (Å²) in [7, 11) is 0. The Morgan fingerprint density at radius 1 is 1.28 bits per heavy atom. The molecule has 168 valence electrons. The number of imide groups is 1. The van der Waals surface area contributed by atoms with Gasteiger partial charge in [-0.15, -0.1) is 5.10 Å². The van der Waals surface area contributed by atoms with Gasteiger partial charge in [-0.3, -0.25) is 20.3 Å². The molecule has 0 atom stereocenters. The molecule has 3 N–H and O–H groups in total. The molecule has 13 heteroatoms. The number of hydrazone groups is 1. The Labute approximate surface area is 192 Å². The molecule has 0 saturated heterocycles. The number of halogens is 2. The molecule has 2 rings (SSSR count). The van der Waals surface area contributed by atoms with Crippen molar-refractivity contribution in [3.05, 3.63) is 44.2 Å². The highest BCUT2D eigenvalue weighted by atomic mass is 35.5. The number of rotatable bonds is 7. The number of anilines is 1. The molecule has 1 aromatic carbocycles. The number of aromatic amines is 1. The summed E-state index contributed by atoms with van der Waals surface area (Å²) in [5.41, 5.74) is 2.22. The molecule has 1 heterocycles. The van der Waals surface area contributed by atoms with Crippen LogP contribution < -0.4 is 21.0 Å². The van der Waals surface area contributed by atoms with Crippen molar-refractivity contribution in [3.63, 3.8) is 0 Å². The van der Waals surface area contributed by atoms with Crippen LogP contribution in [0, 0.1) is 11.3 Å². The fraction of sp³-hybridized carbons (Fsp3) is 0.263. The minimum Gasteiger partial charge on any atom is -0.450 e. The fourth-order valence-corrected chi connectivity index (χ4v) is 2.85. The van der Waals surface area contributed by atoms with Crippen LogP contribution in [0.1, 0.15) is 32.3 Å². The molecule has 1 aromatic heterocycles. The van der Waals surface area contributed by atoms with Crippen LogP contribution in [0.2, 0.25) is 10.0 Å². The first kappa shape index (κ1) is 24.6. The minimum atomic E-state index is -1.05. The van der Waals surface area contributed by atoms with Crippen molar-refractivity contribution in [2.24, 2.45) is 5.10 Å². The maximum atomic E-state index is 11.9. The van der Waals surface area contributed by atoms with E-state index in [4.69, 9.17) is 33.2 Å². The summed E-state index contributed by atoms with van der Waals surface area (Å²) >= 11 is 12.5. The third-order valence-electron chi connectivity index (χ3n) is 3.73. The zero-order valence-electron chi connectivity index (χ0n) is 17.2. The largest absolute Gasteiger partial charge is 0.450 e. The second-order valence-electron chi connectivity index (χ2n) is 6.38. The van der Waals surface area contributed by atoms with E-state index in [0.717, 1.165) is 0 Å². The van der Waals surface area contributed by atoms with Crippen LogP contribution in [0.5, 0.6) is 11.6 Å². The third-order valence-corrected chi connectivity index (χ3v) is 4.29. The van der Waals surface area contributed by atoms with Crippen LogP contribution >= 0.6 is 23.2 Å². The number of alkyl carbamates (subject to hydrolysis) is 1. The fourth-order valence-electron chi connectivity index (χ4n) is 2.29. The van der Waals surface area contributed by atoms with Gasteiger partial charge in [-0.1, -0.05) is 37.0 Å². The lowest BCUT2D eigenvalue weighted by Gasteiger charge is -2.14. The molecule has 0 aliphatic carbocycles. The standard InChI is InChI=1S/C19H18Cl2N6O5/c1-4-31-19(30)23-17(29)14(8-22)25-24-10-5-12(20)16(13(21)6-10)32-18-11(9(2)3)7-15(28)26-27-18/h5-7,9,24H,4H2,1-3H3,(H,26,28)(H,23,29,30)/b25-14-. The molecular weight excluding hydrogens is 463 g/mol. The van der Waals surface area contributed by atoms with Gasteiger partial charge in [-0.25, -0.2) is 9.89 Å². The topological polar surface area (TPSA) is 159 Å². The van der Waals surface area contributed by atoms with E-state index in [1.165, 1.54) is 18.2 Å². The van der Waals surface area contributed by atoms with Gasteiger partial charge >= 0.3 is 6.09 Å². The maximum absolute atomic E-state index is 11.9. The summed E-state index contributed by atoms with van der Waals surface area (Å²) in [5, 5.41) is 20.9. The lowest BCUT2D eigenvalue weighted by Crippen LogP contribution is -2.36. The van der Waals surface area contributed by atoms with Gasteiger partial charge in [-0.05, 0) is 25.0 Å². The van der Waals surface area contributed by atoms with E-state index < -0.39 is 17.7 Å². The molecule has 0 bridgehead atoms. The van der Waals surface area contributed by atoms with Crippen LogP contribution in [0.15, 0.2) is 28.1 Å². The number of aromatic nitrogens is 2. The van der Waals surface area contributed by atoms with Crippen molar-refractivity contribution >= 4 is 46.6 Å². The van der Waals surface area contributed by atoms with E-state index in [9.17, 15) is 14.4 Å². The molecule has 0 fully saturated rings. The molecule has 0 aliphatic rings. The Morgan fingerprint density at radius 2 is 1.94 bits per heavy atom. The Morgan fingerprint density at radius 3 is 2.50 bits per heavy atom. The number of nitrogens with zero attached hydrogens (tertiary/aromatic N) is 3. The number of nitrogens with one attached hydrogen (secondary N) is 3. The van der Waals surface area contributed by atoms with E-state index in [-0.39, 0.29) is 45.4 Å². The monoisotopic (exact) mass is 480 g/mol. The van der Waals surface area contributed by atoms with E-state index >= 15 is 0 Å². The van der Waals surface area contributed by atoms with Gasteiger partial charge in [-0.2, -0.15) is 10.4 Å². The summed E-state index contributed by atoms with van der Waals surface area (Å²) in [4.78, 5) is 34.7. The zero-order valence-corrected chi connectivity index (χ0v) is 18.7. The van der Waals surface area contributed by atoms with E-state index in [0.29, 0.717) is 5.56 Å². The summed E-state index contributed by atoms with van der Waals surface area (Å²) in [6.07, 6.45) is -1.01. The second-order valence-corrected chi connectivity index (χ2v) is 7.19. The number of benzene rings is 1. The van der Waals surface area contributed by atoms with E-state index in [2.05, 4.69) is 25.5 Å². The average molecular weight is 481 g/mol. The third kappa shape index (κ3) is 6.44. The highest BCUT2D eigenvalue weighted by molar-refractivity contribution is 6.47. The molecule has 0 aliphatic heterocycles. The lowest BCUT2D eigenvalue weighted by molar-refractivity contribution is -0.114. The van der Waals surface area contributed by atoms with Crippen LogP contribution in [0.3, 0.4) is 0 Å². The maximum Gasteiger partial charge on any atom is 0.414 e. The van der Waals surface area contributed by atoms with Crippen molar-refractivity contribution in [2.45, 2.75) is 26.7 Å². The molecule has 0 unspecified atom stereocenters. The Bertz CT molecular complexity index is 1130. The zero-order chi connectivity index (χ0) is 23.8. The van der Waals surface area contributed by atoms with Crippen LogP contribution in [-0.2, 0) is 9.53 Å². The predicted octanol–water partition coefficient (Wildman–Crippen LogP) is 3.56. The highest BCUT2D eigenvalue weighted by Crippen LogP contribution is 2.39. The van der Waals surface area contributed by atoms with Crippen LogP contribution in [0.4, 0.5) is 10.5 Å². The van der Waals surface area contributed by atoms with E-state index in [1.807, 2.05) is 19.2 Å². The summed E-state index contributed by atoms with van der Waals surface area (Å²) < 4.78 is 10.3. The number of carbonyl (C=O) groups is 2. The van der Waals surface area contributed by atoms with Crippen LogP contribution in [0.25, 0.3) is 0 Å². The second kappa shape index (κ2) is 11.1. The quantitative estimate of drug-likeness (QED) is 0.400. The Hall–Kier alpha value is -3.62. The molecular formula is C19H18Cl2N6O5. The molecule has 0 spiro atoms. The summed E-state index contributed by atoms with van der Waals surface area (Å²) in [6, 6.07) is 5.68. The van der Waals surface area contributed by atoms with Crippen molar-refractivity contribution in [3.8, 4) is 17.7 Å². The number of H-pyrrole nitrogens is 1. The average Bonchev–Trinajstić information content (AvgIpc) is 2.72. The van der Waals surface area contributed by atoms with Crippen molar-refractivity contribution < 1.29 is 19.1 Å². The molecule has 32 heavy (non-hydrogen) atoms. The van der Waals surface area contributed by atoms with Gasteiger partial charge in [0, 0.05) is 11.6 Å². The first-order chi connectivity index (χ1) is 15.2. The molecule has 0 saturated carbocycles. The summed E-state index contributed by atoms with van der Waals surface area (Å²) in [6.45, 7) is 5.34. The van der Waals surface area contributed by atoms with Crippen molar-refractivity contribution in [1.82, 2.24) is 15.5 Å². The minimum absolute atomic E-state index is 0.0507. The van der Waals surface area contributed by atoms with Gasteiger partial charge in [0.15, 0.2) is 5.75 Å². The first-order valence-electron chi connectivity index (χ1n) is 9.14. The van der Waals surface area contributed by atoms with Crippen molar-refractivity contribution in [1.29, 1.82) is 5.26 Å². The van der Waals surface area contributed by atoms with Gasteiger partial charge in [0.25, 0.3) is 11.5 Å². The number of hydrogen-bond acceptors (Lipinski definition) is 9. The number of ether oxygens (including phenoxy) is 2. The normalized spacial score (nSPS) is 11.0. The van der Waals surface area contributed by atoms with E-state index in [1.54, 1.807) is 13.0 Å². The summed E-state index contributed by atoms with van der Waals surface area (Å²) in [5.74, 6) is -0.909. The first-order valence-corrected chi connectivity index (χ1v) is 9.90. The van der Waals surface area contributed by atoms with Gasteiger partial charge in [0.05, 0.1) is 22.3 Å². The molecule has 0 radical (unpaired) electrons. The Kier molecular flexibility index (Phi) is 8.57.